The van der Waals surface area contributed by atoms with Crippen LogP contribution in [-0.2, 0) is 15.6 Å². The van der Waals surface area contributed by atoms with E-state index in [0.717, 1.165) is 5.56 Å². The fourth-order valence-electron chi connectivity index (χ4n) is 1.33. The molecule has 0 spiro atoms. The Morgan fingerprint density at radius 1 is 1.19 bits per heavy atom. The second-order valence-electron chi connectivity index (χ2n) is 3.28. The number of halogens is 1. The van der Waals surface area contributed by atoms with Gasteiger partial charge in [-0.2, -0.15) is 5.10 Å². The minimum atomic E-state index is -3.73. The molecule has 0 saturated heterocycles. The van der Waals surface area contributed by atoms with Crippen molar-refractivity contribution in [2.24, 2.45) is 0 Å². The molecule has 0 amide bonds. The highest BCUT2D eigenvalue weighted by molar-refractivity contribution is 8.13. The van der Waals surface area contributed by atoms with Crippen molar-refractivity contribution in [3.63, 3.8) is 0 Å². The van der Waals surface area contributed by atoms with Gasteiger partial charge in [-0.25, -0.2) is 8.42 Å². The van der Waals surface area contributed by atoms with Gasteiger partial charge in [0.2, 0.25) is 0 Å². The maximum Gasteiger partial charge on any atom is 0.280 e. The molecule has 0 unspecified atom stereocenters. The van der Waals surface area contributed by atoms with Gasteiger partial charge in [0, 0.05) is 16.9 Å². The van der Waals surface area contributed by atoms with E-state index in [0.29, 0.717) is 6.54 Å². The summed E-state index contributed by atoms with van der Waals surface area (Å²) in [4.78, 5) is 0. The summed E-state index contributed by atoms with van der Waals surface area (Å²) in [6, 6.07) is 11.0. The van der Waals surface area contributed by atoms with E-state index in [1.807, 2.05) is 30.3 Å². The van der Waals surface area contributed by atoms with Crippen molar-refractivity contribution in [3.8, 4) is 0 Å². The standard InChI is InChI=1S/C10H9ClN2O2S/c11-16(14,15)10-6-7-13(12-10)8-9-4-2-1-3-5-9/h1-7H,8H2. The topological polar surface area (TPSA) is 52.0 Å². The third kappa shape index (κ3) is 2.62. The van der Waals surface area contributed by atoms with Gasteiger partial charge >= 0.3 is 0 Å². The van der Waals surface area contributed by atoms with E-state index in [1.54, 1.807) is 6.20 Å². The predicted octanol–water partition coefficient (Wildman–Crippen LogP) is 1.86. The van der Waals surface area contributed by atoms with Crippen LogP contribution in [0.15, 0.2) is 47.6 Å². The molecule has 1 heterocycles. The Hall–Kier alpha value is -1.33. The van der Waals surface area contributed by atoms with E-state index in [4.69, 9.17) is 10.7 Å². The molecule has 0 radical (unpaired) electrons. The first-order chi connectivity index (χ1) is 7.55. The van der Waals surface area contributed by atoms with Crippen LogP contribution in [0.4, 0.5) is 0 Å². The molecular formula is C10H9ClN2O2S. The van der Waals surface area contributed by atoms with E-state index in [1.165, 1.54) is 10.7 Å². The van der Waals surface area contributed by atoms with Crippen molar-refractivity contribution in [2.45, 2.75) is 11.6 Å². The van der Waals surface area contributed by atoms with Crippen molar-refractivity contribution >= 4 is 19.7 Å². The molecule has 0 aliphatic rings. The first-order valence-electron chi connectivity index (χ1n) is 4.58. The van der Waals surface area contributed by atoms with Crippen molar-refractivity contribution in [2.75, 3.05) is 0 Å². The highest BCUT2D eigenvalue weighted by Crippen LogP contribution is 2.12. The van der Waals surface area contributed by atoms with Gasteiger partial charge in [-0.3, -0.25) is 4.68 Å². The molecule has 4 nitrogen and oxygen atoms in total. The first kappa shape index (κ1) is 11.2. The van der Waals surface area contributed by atoms with E-state index in [2.05, 4.69) is 5.10 Å². The molecule has 0 saturated carbocycles. The average molecular weight is 257 g/mol. The number of hydrogen-bond donors (Lipinski definition) is 0. The Morgan fingerprint density at radius 2 is 1.88 bits per heavy atom. The average Bonchev–Trinajstić information content (AvgIpc) is 2.67. The summed E-state index contributed by atoms with van der Waals surface area (Å²) in [5.74, 6) is 0. The normalized spacial score (nSPS) is 11.6. The van der Waals surface area contributed by atoms with Crippen LogP contribution in [0.5, 0.6) is 0 Å². The zero-order valence-corrected chi connectivity index (χ0v) is 9.82. The molecular weight excluding hydrogens is 248 g/mol. The lowest BCUT2D eigenvalue weighted by Gasteiger charge is -2.00. The minimum absolute atomic E-state index is 0.120. The van der Waals surface area contributed by atoms with E-state index < -0.39 is 9.05 Å². The summed E-state index contributed by atoms with van der Waals surface area (Å²) in [5, 5.41) is 3.75. The molecule has 0 bridgehead atoms. The summed E-state index contributed by atoms with van der Waals surface area (Å²) >= 11 is 0. The molecule has 0 N–H and O–H groups in total. The molecule has 2 rings (SSSR count). The van der Waals surface area contributed by atoms with Gasteiger partial charge in [0.15, 0.2) is 5.03 Å². The van der Waals surface area contributed by atoms with Gasteiger partial charge in [0.25, 0.3) is 9.05 Å². The molecule has 16 heavy (non-hydrogen) atoms. The maximum absolute atomic E-state index is 11.0. The van der Waals surface area contributed by atoms with E-state index in [9.17, 15) is 8.42 Å². The number of nitrogens with zero attached hydrogens (tertiary/aromatic N) is 2. The SMILES string of the molecule is O=S(=O)(Cl)c1ccn(Cc2ccccc2)n1. The molecule has 0 aliphatic heterocycles. The Bertz CT molecular complexity index is 578. The zero-order valence-electron chi connectivity index (χ0n) is 8.25. The third-order valence-electron chi connectivity index (χ3n) is 2.05. The molecule has 6 heteroatoms. The Morgan fingerprint density at radius 3 is 2.44 bits per heavy atom. The summed E-state index contributed by atoms with van der Waals surface area (Å²) in [6.07, 6.45) is 1.59. The lowest BCUT2D eigenvalue weighted by Crippen LogP contribution is -2.01. The van der Waals surface area contributed by atoms with Crippen LogP contribution in [0, 0.1) is 0 Å². The van der Waals surface area contributed by atoms with Crippen LogP contribution in [0.2, 0.25) is 0 Å². The number of aromatic nitrogens is 2. The number of rotatable bonds is 3. The second kappa shape index (κ2) is 4.27. The fourth-order valence-corrected chi connectivity index (χ4v) is 2.00. The van der Waals surface area contributed by atoms with Crippen LogP contribution in [-0.4, -0.2) is 18.2 Å². The fraction of sp³-hybridized carbons (Fsp3) is 0.100. The Labute approximate surface area is 97.9 Å². The van der Waals surface area contributed by atoms with Gasteiger partial charge < -0.3 is 0 Å². The van der Waals surface area contributed by atoms with Crippen molar-refractivity contribution < 1.29 is 8.42 Å². The summed E-state index contributed by atoms with van der Waals surface area (Å²) < 4.78 is 23.5. The van der Waals surface area contributed by atoms with Crippen LogP contribution in [0.1, 0.15) is 5.56 Å². The van der Waals surface area contributed by atoms with Gasteiger partial charge in [0.05, 0.1) is 6.54 Å². The Balaban J connectivity index is 2.22. The van der Waals surface area contributed by atoms with Gasteiger partial charge in [-0.15, -0.1) is 0 Å². The lowest BCUT2D eigenvalue weighted by molar-refractivity contribution is 0.597. The van der Waals surface area contributed by atoms with Gasteiger partial charge in [0.1, 0.15) is 0 Å². The zero-order chi connectivity index (χ0) is 11.6. The quantitative estimate of drug-likeness (QED) is 0.788. The van der Waals surface area contributed by atoms with E-state index in [-0.39, 0.29) is 5.03 Å². The monoisotopic (exact) mass is 256 g/mol. The molecule has 1 aromatic carbocycles. The number of hydrogen-bond acceptors (Lipinski definition) is 3. The molecule has 1 aromatic heterocycles. The van der Waals surface area contributed by atoms with Gasteiger partial charge in [-0.1, -0.05) is 30.3 Å². The molecule has 0 fully saturated rings. The summed E-state index contributed by atoms with van der Waals surface area (Å²) in [7, 11) is 1.44. The number of benzene rings is 1. The van der Waals surface area contributed by atoms with Crippen molar-refractivity contribution in [1.29, 1.82) is 0 Å². The second-order valence-corrected chi connectivity index (χ2v) is 5.79. The van der Waals surface area contributed by atoms with E-state index >= 15 is 0 Å². The van der Waals surface area contributed by atoms with Crippen molar-refractivity contribution in [1.82, 2.24) is 9.78 Å². The molecule has 0 aliphatic carbocycles. The maximum atomic E-state index is 11.0. The molecule has 84 valence electrons. The lowest BCUT2D eigenvalue weighted by atomic mass is 10.2. The van der Waals surface area contributed by atoms with Crippen LogP contribution in [0.25, 0.3) is 0 Å². The molecule has 2 aromatic rings. The summed E-state index contributed by atoms with van der Waals surface area (Å²) in [6.45, 7) is 0.521. The molecule has 0 atom stereocenters. The Kier molecular flexibility index (Phi) is 2.98. The highest BCUT2D eigenvalue weighted by Gasteiger charge is 2.13. The van der Waals surface area contributed by atoms with Crippen molar-refractivity contribution in [3.05, 3.63) is 48.2 Å². The van der Waals surface area contributed by atoms with Gasteiger partial charge in [-0.05, 0) is 11.6 Å². The third-order valence-corrected chi connectivity index (χ3v) is 3.25. The minimum Gasteiger partial charge on any atom is -0.267 e. The predicted molar refractivity (Wildman–Crippen MR) is 60.8 cm³/mol. The van der Waals surface area contributed by atoms with Crippen LogP contribution in [0.3, 0.4) is 0 Å². The van der Waals surface area contributed by atoms with Crippen LogP contribution < -0.4 is 0 Å². The first-order valence-corrected chi connectivity index (χ1v) is 6.89. The van der Waals surface area contributed by atoms with Crippen LogP contribution >= 0.6 is 10.7 Å². The summed E-state index contributed by atoms with van der Waals surface area (Å²) in [5.41, 5.74) is 1.05. The largest absolute Gasteiger partial charge is 0.280 e. The smallest absolute Gasteiger partial charge is 0.267 e. The highest BCUT2D eigenvalue weighted by atomic mass is 35.7.